The first-order valence-corrected chi connectivity index (χ1v) is 10.0. The smallest absolute Gasteiger partial charge is 0.254 e. The van der Waals surface area contributed by atoms with E-state index < -0.39 is 17.5 Å². The highest BCUT2D eigenvalue weighted by Crippen LogP contribution is 2.33. The predicted molar refractivity (Wildman–Crippen MR) is 96.3 cm³/mol. The molecule has 1 aromatic heterocycles. The molecule has 8 heteroatoms. The zero-order chi connectivity index (χ0) is 18.5. The number of thioether (sulfide) groups is 1. The average Bonchev–Trinajstić information content (AvgIpc) is 3.29. The van der Waals surface area contributed by atoms with Crippen LogP contribution in [0.25, 0.3) is 0 Å². The van der Waals surface area contributed by atoms with Crippen molar-refractivity contribution in [2.24, 2.45) is 0 Å². The van der Waals surface area contributed by atoms with Crippen LogP contribution in [0.3, 0.4) is 0 Å². The molecule has 140 valence electrons. The molecule has 1 aliphatic rings. The van der Waals surface area contributed by atoms with Crippen LogP contribution in [0.4, 0.5) is 8.78 Å². The van der Waals surface area contributed by atoms with Gasteiger partial charge in [0.2, 0.25) is 0 Å². The van der Waals surface area contributed by atoms with E-state index >= 15 is 0 Å². The van der Waals surface area contributed by atoms with Gasteiger partial charge in [0.05, 0.1) is 5.56 Å². The van der Waals surface area contributed by atoms with Gasteiger partial charge in [-0.15, -0.1) is 10.2 Å². The van der Waals surface area contributed by atoms with E-state index in [1.165, 1.54) is 12.8 Å². The van der Waals surface area contributed by atoms with E-state index in [2.05, 4.69) is 20.1 Å². The van der Waals surface area contributed by atoms with Gasteiger partial charge in [0.1, 0.15) is 17.5 Å². The molecular weight excluding hydrogens is 358 g/mol. The van der Waals surface area contributed by atoms with Gasteiger partial charge in [-0.05, 0) is 43.7 Å². The number of amides is 1. The number of benzene rings is 1. The number of carbonyl (C=O) groups excluding carboxylic acids is 1. The summed E-state index contributed by atoms with van der Waals surface area (Å²) in [6.07, 6.45) is 8.07. The molecule has 1 heterocycles. The van der Waals surface area contributed by atoms with Gasteiger partial charge in [0.15, 0.2) is 5.16 Å². The second-order valence-electron chi connectivity index (χ2n) is 6.39. The lowest BCUT2D eigenvalue weighted by Gasteiger charge is -2.16. The molecule has 0 unspecified atom stereocenters. The Bertz CT molecular complexity index is 775. The Balaban J connectivity index is 1.56. The van der Waals surface area contributed by atoms with Gasteiger partial charge < -0.3 is 9.88 Å². The summed E-state index contributed by atoms with van der Waals surface area (Å²) in [6, 6.07) is 3.31. The lowest BCUT2D eigenvalue weighted by molar-refractivity contribution is 0.0948. The summed E-state index contributed by atoms with van der Waals surface area (Å²) >= 11 is 1.59. The van der Waals surface area contributed by atoms with Gasteiger partial charge in [-0.2, -0.15) is 0 Å². The highest BCUT2D eigenvalue weighted by molar-refractivity contribution is 7.98. The Hall–Kier alpha value is -1.96. The Morgan fingerprint density at radius 2 is 2.08 bits per heavy atom. The van der Waals surface area contributed by atoms with Crippen molar-refractivity contribution in [3.63, 3.8) is 0 Å². The molecule has 0 atom stereocenters. The lowest BCUT2D eigenvalue weighted by Crippen LogP contribution is -2.26. The predicted octanol–water partition coefficient (Wildman–Crippen LogP) is 3.76. The van der Waals surface area contributed by atoms with E-state index in [0.29, 0.717) is 25.4 Å². The maximum Gasteiger partial charge on any atom is 0.254 e. The van der Waals surface area contributed by atoms with Crippen molar-refractivity contribution in [3.8, 4) is 0 Å². The standard InChI is InChI=1S/C18H22F2N4OS/c1-26-18-23-22-16(24(18)13-5-2-3-6-13)7-4-10-21-17(25)14-11-12(19)8-9-15(14)20/h8-9,11,13H,2-7,10H2,1H3,(H,21,25). The summed E-state index contributed by atoms with van der Waals surface area (Å²) in [5.74, 6) is -1.04. The van der Waals surface area contributed by atoms with E-state index in [1.54, 1.807) is 11.8 Å². The number of aryl methyl sites for hydroxylation is 1. The van der Waals surface area contributed by atoms with E-state index in [4.69, 9.17) is 0 Å². The molecule has 3 rings (SSSR count). The fourth-order valence-corrected chi connectivity index (χ4v) is 3.94. The zero-order valence-electron chi connectivity index (χ0n) is 14.7. The van der Waals surface area contributed by atoms with Crippen LogP contribution in [-0.4, -0.2) is 33.5 Å². The second-order valence-corrected chi connectivity index (χ2v) is 7.17. The highest BCUT2D eigenvalue weighted by Gasteiger charge is 2.23. The van der Waals surface area contributed by atoms with Gasteiger partial charge in [0.25, 0.3) is 5.91 Å². The van der Waals surface area contributed by atoms with Crippen LogP contribution < -0.4 is 5.32 Å². The van der Waals surface area contributed by atoms with E-state index in [0.717, 1.165) is 42.0 Å². The van der Waals surface area contributed by atoms with Crippen LogP contribution >= 0.6 is 11.8 Å². The summed E-state index contributed by atoms with van der Waals surface area (Å²) < 4.78 is 29.0. The van der Waals surface area contributed by atoms with Crippen molar-refractivity contribution in [2.45, 2.75) is 49.7 Å². The number of rotatable bonds is 7. The minimum absolute atomic E-state index is 0.274. The van der Waals surface area contributed by atoms with Gasteiger partial charge in [-0.3, -0.25) is 4.79 Å². The molecule has 1 amide bonds. The quantitative estimate of drug-likeness (QED) is 0.587. The van der Waals surface area contributed by atoms with Gasteiger partial charge in [0, 0.05) is 19.0 Å². The lowest BCUT2D eigenvalue weighted by atomic mass is 10.2. The Morgan fingerprint density at radius 3 is 2.81 bits per heavy atom. The molecule has 0 spiro atoms. The van der Waals surface area contributed by atoms with Crippen LogP contribution in [-0.2, 0) is 6.42 Å². The fourth-order valence-electron chi connectivity index (χ4n) is 3.36. The number of halogens is 2. The monoisotopic (exact) mass is 380 g/mol. The normalized spacial score (nSPS) is 14.7. The molecule has 5 nitrogen and oxygen atoms in total. The molecule has 0 saturated heterocycles. The molecule has 2 aromatic rings. The SMILES string of the molecule is CSc1nnc(CCCNC(=O)c2cc(F)ccc2F)n1C1CCCC1. The number of hydrogen-bond donors (Lipinski definition) is 1. The molecule has 26 heavy (non-hydrogen) atoms. The molecule has 0 radical (unpaired) electrons. The molecule has 1 fully saturated rings. The van der Waals surface area contributed by atoms with Gasteiger partial charge >= 0.3 is 0 Å². The Morgan fingerprint density at radius 1 is 1.31 bits per heavy atom. The maximum atomic E-state index is 13.6. The fraction of sp³-hybridized carbons (Fsp3) is 0.500. The van der Waals surface area contributed by atoms with Crippen molar-refractivity contribution in [2.75, 3.05) is 12.8 Å². The minimum Gasteiger partial charge on any atom is -0.352 e. The number of nitrogens with one attached hydrogen (secondary N) is 1. The molecular formula is C18H22F2N4OS. The van der Waals surface area contributed by atoms with Crippen molar-refractivity contribution in [3.05, 3.63) is 41.2 Å². The average molecular weight is 380 g/mol. The molecule has 1 aromatic carbocycles. The van der Waals surface area contributed by atoms with Crippen molar-refractivity contribution >= 4 is 17.7 Å². The summed E-state index contributed by atoms with van der Waals surface area (Å²) in [6.45, 7) is 0.362. The van der Waals surface area contributed by atoms with Crippen LogP contribution in [0.5, 0.6) is 0 Å². The van der Waals surface area contributed by atoms with Crippen LogP contribution in [0.15, 0.2) is 23.4 Å². The van der Waals surface area contributed by atoms with Gasteiger partial charge in [-0.1, -0.05) is 24.6 Å². The zero-order valence-corrected chi connectivity index (χ0v) is 15.5. The summed E-state index contributed by atoms with van der Waals surface area (Å²) in [4.78, 5) is 12.0. The van der Waals surface area contributed by atoms with E-state index in [-0.39, 0.29) is 5.56 Å². The van der Waals surface area contributed by atoms with Crippen LogP contribution in [0, 0.1) is 11.6 Å². The molecule has 1 aliphatic carbocycles. The van der Waals surface area contributed by atoms with Crippen molar-refractivity contribution in [1.29, 1.82) is 0 Å². The first-order valence-electron chi connectivity index (χ1n) is 8.81. The topological polar surface area (TPSA) is 59.8 Å². The molecule has 0 bridgehead atoms. The minimum atomic E-state index is -0.727. The first-order chi connectivity index (χ1) is 12.6. The van der Waals surface area contributed by atoms with E-state index in [9.17, 15) is 13.6 Å². The number of nitrogens with zero attached hydrogens (tertiary/aromatic N) is 3. The van der Waals surface area contributed by atoms with Crippen molar-refractivity contribution < 1.29 is 13.6 Å². The molecule has 0 aliphatic heterocycles. The van der Waals surface area contributed by atoms with Crippen molar-refractivity contribution in [1.82, 2.24) is 20.1 Å². The highest BCUT2D eigenvalue weighted by atomic mass is 32.2. The number of hydrogen-bond acceptors (Lipinski definition) is 4. The van der Waals surface area contributed by atoms with Gasteiger partial charge in [-0.25, -0.2) is 8.78 Å². The summed E-state index contributed by atoms with van der Waals surface area (Å²) in [5.41, 5.74) is -0.274. The third-order valence-electron chi connectivity index (χ3n) is 4.64. The molecule has 1 saturated carbocycles. The number of aromatic nitrogens is 3. The Labute approximate surface area is 155 Å². The maximum absolute atomic E-state index is 13.6. The third kappa shape index (κ3) is 4.23. The van der Waals surface area contributed by atoms with E-state index in [1.807, 2.05) is 6.26 Å². The number of carbonyl (C=O) groups is 1. The first kappa shape index (κ1) is 18.8. The summed E-state index contributed by atoms with van der Waals surface area (Å²) in [7, 11) is 0. The molecule has 1 N–H and O–H groups in total. The Kier molecular flexibility index (Phi) is 6.24. The van der Waals surface area contributed by atoms with Crippen LogP contribution in [0.2, 0.25) is 0 Å². The van der Waals surface area contributed by atoms with Crippen LogP contribution in [0.1, 0.15) is 54.3 Å². The summed E-state index contributed by atoms with van der Waals surface area (Å²) in [5, 5.41) is 12.1. The second kappa shape index (κ2) is 8.62. The third-order valence-corrected chi connectivity index (χ3v) is 5.29. The largest absolute Gasteiger partial charge is 0.352 e.